The fourth-order valence-electron chi connectivity index (χ4n) is 3.02. The van der Waals surface area contributed by atoms with Crippen molar-refractivity contribution in [2.75, 3.05) is 0 Å². The lowest BCUT2D eigenvalue weighted by atomic mass is 9.93. The summed E-state index contributed by atoms with van der Waals surface area (Å²) in [5.41, 5.74) is 2.99. The molecule has 0 saturated heterocycles. The van der Waals surface area contributed by atoms with Gasteiger partial charge >= 0.3 is 0 Å². The molecule has 2 saturated carbocycles. The minimum atomic E-state index is 0.649. The molecule has 15 heavy (non-hydrogen) atoms. The van der Waals surface area contributed by atoms with Crippen molar-refractivity contribution in [3.63, 3.8) is 0 Å². The predicted molar refractivity (Wildman–Crippen MR) is 68.0 cm³/mol. The van der Waals surface area contributed by atoms with E-state index in [0.717, 1.165) is 11.8 Å². The zero-order valence-electron chi connectivity index (χ0n) is 8.70. The molecule has 0 spiro atoms. The number of benzene rings is 1. The molecular formula is C14H15Br. The number of rotatable bonds is 1. The zero-order valence-corrected chi connectivity index (χ0v) is 10.3. The Morgan fingerprint density at radius 2 is 1.93 bits per heavy atom. The molecule has 3 rings (SSSR count). The molecule has 2 aliphatic carbocycles. The quantitative estimate of drug-likeness (QED) is 0.664. The maximum Gasteiger partial charge on any atom is 0.0389 e. The van der Waals surface area contributed by atoms with Crippen LogP contribution in [0.15, 0.2) is 35.9 Å². The van der Waals surface area contributed by atoms with E-state index in [4.69, 9.17) is 0 Å². The first-order chi connectivity index (χ1) is 7.34. The smallest absolute Gasteiger partial charge is 0.0389 e. The summed E-state index contributed by atoms with van der Waals surface area (Å²) in [6.45, 7) is 0. The number of allylic oxidation sites excluding steroid dienone is 1. The van der Waals surface area contributed by atoms with Gasteiger partial charge < -0.3 is 0 Å². The Labute approximate surface area is 99.5 Å². The van der Waals surface area contributed by atoms with Crippen molar-refractivity contribution in [3.05, 3.63) is 41.5 Å². The monoisotopic (exact) mass is 262 g/mol. The van der Waals surface area contributed by atoms with Crippen LogP contribution in [0.4, 0.5) is 0 Å². The van der Waals surface area contributed by atoms with Gasteiger partial charge in [0.1, 0.15) is 0 Å². The number of hydrogen-bond donors (Lipinski definition) is 0. The fraction of sp³-hybridized carbons (Fsp3) is 0.429. The summed E-state index contributed by atoms with van der Waals surface area (Å²) >= 11 is 3.85. The van der Waals surface area contributed by atoms with Gasteiger partial charge in [-0.25, -0.2) is 0 Å². The summed E-state index contributed by atoms with van der Waals surface area (Å²) in [5, 5.41) is 0. The molecule has 3 atom stereocenters. The molecule has 2 aliphatic rings. The van der Waals surface area contributed by atoms with E-state index in [1.165, 1.54) is 24.8 Å². The van der Waals surface area contributed by atoms with Crippen molar-refractivity contribution in [2.45, 2.75) is 24.1 Å². The highest BCUT2D eigenvalue weighted by molar-refractivity contribution is 9.09. The van der Waals surface area contributed by atoms with Crippen molar-refractivity contribution < 1.29 is 0 Å². The van der Waals surface area contributed by atoms with Gasteiger partial charge in [0.15, 0.2) is 0 Å². The van der Waals surface area contributed by atoms with Gasteiger partial charge in [0.2, 0.25) is 0 Å². The average Bonchev–Trinajstić information content (AvgIpc) is 2.84. The first-order valence-corrected chi connectivity index (χ1v) is 6.67. The van der Waals surface area contributed by atoms with Crippen LogP contribution in [0.3, 0.4) is 0 Å². The van der Waals surface area contributed by atoms with Gasteiger partial charge in [-0.3, -0.25) is 0 Å². The maximum atomic E-state index is 3.85. The van der Waals surface area contributed by atoms with Crippen molar-refractivity contribution in [1.29, 1.82) is 0 Å². The molecule has 1 heteroatoms. The highest BCUT2D eigenvalue weighted by atomic mass is 79.9. The molecule has 0 heterocycles. The van der Waals surface area contributed by atoms with Crippen LogP contribution in [-0.4, -0.2) is 4.83 Å². The molecule has 0 aliphatic heterocycles. The molecule has 0 unspecified atom stereocenters. The van der Waals surface area contributed by atoms with Gasteiger partial charge in [0.25, 0.3) is 0 Å². The van der Waals surface area contributed by atoms with E-state index in [9.17, 15) is 0 Å². The van der Waals surface area contributed by atoms with Gasteiger partial charge in [-0.2, -0.15) is 0 Å². The van der Waals surface area contributed by atoms with Crippen LogP contribution in [-0.2, 0) is 0 Å². The second-order valence-corrected chi connectivity index (χ2v) is 5.71. The van der Waals surface area contributed by atoms with Gasteiger partial charge in [-0.05, 0) is 36.7 Å². The molecule has 2 bridgehead atoms. The molecule has 1 aromatic carbocycles. The van der Waals surface area contributed by atoms with E-state index < -0.39 is 0 Å². The van der Waals surface area contributed by atoms with Gasteiger partial charge in [-0.15, -0.1) is 0 Å². The van der Waals surface area contributed by atoms with E-state index in [1.54, 1.807) is 5.57 Å². The van der Waals surface area contributed by atoms with E-state index >= 15 is 0 Å². The van der Waals surface area contributed by atoms with Gasteiger partial charge in [0.05, 0.1) is 0 Å². The Morgan fingerprint density at radius 3 is 2.60 bits per heavy atom. The van der Waals surface area contributed by atoms with E-state index in [0.29, 0.717) is 4.83 Å². The summed E-state index contributed by atoms with van der Waals surface area (Å²) < 4.78 is 0. The zero-order chi connectivity index (χ0) is 10.3. The van der Waals surface area contributed by atoms with E-state index in [2.05, 4.69) is 52.3 Å². The third-order valence-electron chi connectivity index (χ3n) is 3.81. The van der Waals surface area contributed by atoms with Crippen molar-refractivity contribution in [3.8, 4) is 0 Å². The standard InChI is InChI=1S/C14H15Br/c15-14-12-7-6-11(9-12)13(14)8-10-4-2-1-3-5-10/h1-5,8,11-12,14H,6-7,9H2/b13-8+/t11-,12+,14-/m1/s1. The summed E-state index contributed by atoms with van der Waals surface area (Å²) in [7, 11) is 0. The third kappa shape index (κ3) is 1.67. The molecule has 0 N–H and O–H groups in total. The van der Waals surface area contributed by atoms with Crippen LogP contribution >= 0.6 is 15.9 Å². The largest absolute Gasteiger partial charge is 0.0839 e. The van der Waals surface area contributed by atoms with Crippen LogP contribution in [0.25, 0.3) is 6.08 Å². The molecule has 1 aromatic rings. The minimum Gasteiger partial charge on any atom is -0.0839 e. The normalized spacial score (nSPS) is 36.3. The summed E-state index contributed by atoms with van der Waals surface area (Å²) in [6.07, 6.45) is 6.63. The minimum absolute atomic E-state index is 0.649. The highest BCUT2D eigenvalue weighted by Gasteiger charge is 2.41. The number of alkyl halides is 1. The van der Waals surface area contributed by atoms with E-state index in [-0.39, 0.29) is 0 Å². The highest BCUT2D eigenvalue weighted by Crippen LogP contribution is 2.51. The molecule has 0 radical (unpaired) electrons. The van der Waals surface area contributed by atoms with E-state index in [1.807, 2.05) is 0 Å². The van der Waals surface area contributed by atoms with Crippen LogP contribution in [0.5, 0.6) is 0 Å². The molecule has 0 nitrogen and oxygen atoms in total. The average molecular weight is 263 g/mol. The second-order valence-electron chi connectivity index (χ2n) is 4.73. The molecular weight excluding hydrogens is 248 g/mol. The Kier molecular flexibility index (Phi) is 2.44. The number of fused-ring (bicyclic) bond motifs is 2. The molecule has 78 valence electrons. The molecule has 0 amide bonds. The second kappa shape index (κ2) is 3.79. The van der Waals surface area contributed by atoms with Crippen molar-refractivity contribution in [2.24, 2.45) is 11.8 Å². The molecule has 2 fully saturated rings. The summed E-state index contributed by atoms with van der Waals surface area (Å²) in [4.78, 5) is 0.649. The van der Waals surface area contributed by atoms with Crippen LogP contribution < -0.4 is 0 Å². The number of halogens is 1. The summed E-state index contributed by atoms with van der Waals surface area (Å²) in [6, 6.07) is 10.7. The van der Waals surface area contributed by atoms with Crippen LogP contribution in [0.2, 0.25) is 0 Å². The van der Waals surface area contributed by atoms with Crippen LogP contribution in [0, 0.1) is 11.8 Å². The number of hydrogen-bond acceptors (Lipinski definition) is 0. The Bertz CT molecular complexity index is 376. The maximum absolute atomic E-state index is 3.85. The lowest BCUT2D eigenvalue weighted by Crippen LogP contribution is -2.12. The lowest BCUT2D eigenvalue weighted by Gasteiger charge is -2.19. The first-order valence-electron chi connectivity index (χ1n) is 5.75. The molecule has 0 aromatic heterocycles. The topological polar surface area (TPSA) is 0 Å². The Hall–Kier alpha value is -0.560. The van der Waals surface area contributed by atoms with Crippen LogP contribution in [0.1, 0.15) is 24.8 Å². The first kappa shape index (κ1) is 9.65. The third-order valence-corrected chi connectivity index (χ3v) is 5.09. The predicted octanol–water partition coefficient (Wildman–Crippen LogP) is 4.26. The fourth-order valence-corrected chi connectivity index (χ4v) is 4.01. The van der Waals surface area contributed by atoms with Crippen molar-refractivity contribution >= 4 is 22.0 Å². The van der Waals surface area contributed by atoms with Crippen molar-refractivity contribution in [1.82, 2.24) is 0 Å². The van der Waals surface area contributed by atoms with Gasteiger partial charge in [-0.1, -0.05) is 57.9 Å². The Morgan fingerprint density at radius 1 is 1.13 bits per heavy atom. The SMILES string of the molecule is Br[C@H]1/C(=C/c2ccccc2)[C@@H]2CC[C@H]1C2. The van der Waals surface area contributed by atoms with Gasteiger partial charge in [0, 0.05) is 4.83 Å². The summed E-state index contributed by atoms with van der Waals surface area (Å²) in [5.74, 6) is 1.77. The Balaban J connectivity index is 1.92. The lowest BCUT2D eigenvalue weighted by molar-refractivity contribution is 0.581.